The molecule has 23 heavy (non-hydrogen) atoms. The van der Waals surface area contributed by atoms with Gasteiger partial charge in [0.05, 0.1) is 5.69 Å². The first-order chi connectivity index (χ1) is 10.9. The van der Waals surface area contributed by atoms with Gasteiger partial charge in [0.1, 0.15) is 5.75 Å². The fourth-order valence-electron chi connectivity index (χ4n) is 2.24. The maximum atomic E-state index is 12.2. The van der Waals surface area contributed by atoms with Crippen molar-refractivity contribution in [3.8, 4) is 5.75 Å². The Balaban J connectivity index is 1.83. The summed E-state index contributed by atoms with van der Waals surface area (Å²) in [6, 6.07) is 9.00. The Hall–Kier alpha value is -2.83. The molecule has 0 unspecified atom stereocenters. The number of carbonyl (C=O) groups excluding carboxylic acids is 1. The quantitative estimate of drug-likeness (QED) is 0.742. The minimum absolute atomic E-state index is 0.159. The molecule has 3 aromatic rings. The van der Waals surface area contributed by atoms with Crippen molar-refractivity contribution in [2.75, 3.05) is 0 Å². The summed E-state index contributed by atoms with van der Waals surface area (Å²) in [5.74, 6) is -0.509. The van der Waals surface area contributed by atoms with Crippen LogP contribution in [0.3, 0.4) is 0 Å². The monoisotopic (exact) mass is 320 g/mol. The van der Waals surface area contributed by atoms with Crippen molar-refractivity contribution in [1.29, 1.82) is 0 Å². The number of H-pyrrole nitrogens is 1. The highest BCUT2D eigenvalue weighted by Crippen LogP contribution is 2.27. The summed E-state index contributed by atoms with van der Waals surface area (Å²) in [4.78, 5) is 19.0. The average molecular weight is 320 g/mol. The van der Waals surface area contributed by atoms with E-state index in [4.69, 9.17) is 0 Å². The summed E-state index contributed by atoms with van der Waals surface area (Å²) < 4.78 is 40.5. The van der Waals surface area contributed by atoms with Crippen LogP contribution in [0.1, 0.15) is 16.1 Å². The Labute approximate surface area is 128 Å². The normalized spacial score (nSPS) is 11.6. The molecule has 0 aliphatic heterocycles. The Bertz CT molecular complexity index is 841. The van der Waals surface area contributed by atoms with Gasteiger partial charge in [-0.1, -0.05) is 6.07 Å². The number of alkyl halides is 3. The number of nitrogens with zero attached hydrogens (tertiary/aromatic N) is 1. The van der Waals surface area contributed by atoms with E-state index in [0.717, 1.165) is 5.56 Å². The molecule has 0 fully saturated rings. The first-order valence-corrected chi connectivity index (χ1v) is 6.71. The van der Waals surface area contributed by atoms with E-state index in [0.29, 0.717) is 16.6 Å². The van der Waals surface area contributed by atoms with E-state index >= 15 is 0 Å². The van der Waals surface area contributed by atoms with Crippen molar-refractivity contribution in [1.82, 2.24) is 9.97 Å². The van der Waals surface area contributed by atoms with Crippen LogP contribution in [0.4, 0.5) is 13.2 Å². The molecule has 1 aromatic carbocycles. The third kappa shape index (κ3) is 3.68. The highest BCUT2D eigenvalue weighted by Gasteiger charge is 2.31. The number of ketones is 1. The van der Waals surface area contributed by atoms with Gasteiger partial charge in [0.2, 0.25) is 0 Å². The van der Waals surface area contributed by atoms with Crippen LogP contribution >= 0.6 is 0 Å². The van der Waals surface area contributed by atoms with Gasteiger partial charge in [0, 0.05) is 35.8 Å². The van der Waals surface area contributed by atoms with Crippen molar-refractivity contribution in [2.45, 2.75) is 12.8 Å². The molecule has 0 amide bonds. The highest BCUT2D eigenvalue weighted by molar-refractivity contribution is 6.00. The van der Waals surface area contributed by atoms with Crippen LogP contribution in [0.5, 0.6) is 5.75 Å². The molecular formula is C16H11F3N2O2. The minimum atomic E-state index is -4.75. The lowest BCUT2D eigenvalue weighted by Gasteiger charge is -2.08. The van der Waals surface area contributed by atoms with E-state index in [9.17, 15) is 18.0 Å². The molecule has 118 valence electrons. The van der Waals surface area contributed by atoms with E-state index in [1.54, 1.807) is 30.6 Å². The van der Waals surface area contributed by atoms with E-state index in [1.807, 2.05) is 0 Å². The zero-order valence-corrected chi connectivity index (χ0v) is 11.7. The van der Waals surface area contributed by atoms with Crippen molar-refractivity contribution < 1.29 is 22.7 Å². The van der Waals surface area contributed by atoms with Gasteiger partial charge in [-0.25, -0.2) is 0 Å². The molecule has 1 N–H and O–H groups in total. The lowest BCUT2D eigenvalue weighted by Crippen LogP contribution is -2.16. The maximum absolute atomic E-state index is 12.2. The maximum Gasteiger partial charge on any atom is 0.573 e. The van der Waals surface area contributed by atoms with Gasteiger partial charge in [-0.05, 0) is 29.8 Å². The average Bonchev–Trinajstić information content (AvgIpc) is 2.90. The topological polar surface area (TPSA) is 55.0 Å². The van der Waals surface area contributed by atoms with Gasteiger partial charge in [-0.3, -0.25) is 9.78 Å². The standard InChI is InChI=1S/C16H11F3N2O2/c17-16(18,19)23-12-4-3-11-7-14(21-13(11)8-12)15(22)6-10-2-1-5-20-9-10/h1-5,7-9,21H,6H2. The highest BCUT2D eigenvalue weighted by atomic mass is 19.4. The second-order valence-electron chi connectivity index (χ2n) is 4.94. The van der Waals surface area contributed by atoms with Crippen LogP contribution in [-0.2, 0) is 6.42 Å². The zero-order chi connectivity index (χ0) is 16.4. The summed E-state index contributed by atoms with van der Waals surface area (Å²) in [7, 11) is 0. The Kier molecular flexibility index (Phi) is 3.77. The fraction of sp³-hybridized carbons (Fsp3) is 0.125. The minimum Gasteiger partial charge on any atom is -0.406 e. The number of fused-ring (bicyclic) bond motifs is 1. The number of aromatic amines is 1. The van der Waals surface area contributed by atoms with Gasteiger partial charge in [0.15, 0.2) is 5.78 Å². The first kappa shape index (κ1) is 15.1. The van der Waals surface area contributed by atoms with Gasteiger partial charge in [-0.15, -0.1) is 13.2 Å². The lowest BCUT2D eigenvalue weighted by molar-refractivity contribution is -0.274. The number of hydrogen-bond donors (Lipinski definition) is 1. The molecule has 3 rings (SSSR count). The number of pyridine rings is 1. The van der Waals surface area contributed by atoms with Crippen LogP contribution in [0.25, 0.3) is 10.9 Å². The summed E-state index contributed by atoms with van der Waals surface area (Å²) >= 11 is 0. The molecule has 0 saturated carbocycles. The van der Waals surface area contributed by atoms with Crippen molar-refractivity contribution in [2.24, 2.45) is 0 Å². The van der Waals surface area contributed by atoms with Gasteiger partial charge in [-0.2, -0.15) is 0 Å². The summed E-state index contributed by atoms with van der Waals surface area (Å²) in [5.41, 5.74) is 1.49. The Morgan fingerprint density at radius 2 is 2.04 bits per heavy atom. The van der Waals surface area contributed by atoms with Crippen LogP contribution in [0, 0.1) is 0 Å². The SMILES string of the molecule is O=C(Cc1cccnc1)c1cc2ccc(OC(F)(F)F)cc2[nH]1. The number of benzene rings is 1. The van der Waals surface area contributed by atoms with E-state index in [-0.39, 0.29) is 18.0 Å². The number of rotatable bonds is 4. The van der Waals surface area contributed by atoms with E-state index < -0.39 is 6.36 Å². The Morgan fingerprint density at radius 1 is 1.22 bits per heavy atom. The van der Waals surface area contributed by atoms with E-state index in [1.165, 1.54) is 18.2 Å². The zero-order valence-electron chi connectivity index (χ0n) is 11.7. The molecule has 0 saturated heterocycles. The first-order valence-electron chi connectivity index (χ1n) is 6.71. The predicted molar refractivity (Wildman–Crippen MR) is 77.3 cm³/mol. The largest absolute Gasteiger partial charge is 0.573 e. The predicted octanol–water partition coefficient (Wildman–Crippen LogP) is 3.89. The second kappa shape index (κ2) is 5.75. The molecule has 7 heteroatoms. The van der Waals surface area contributed by atoms with E-state index in [2.05, 4.69) is 14.7 Å². The van der Waals surface area contributed by atoms with Crippen LogP contribution in [0.15, 0.2) is 48.8 Å². The lowest BCUT2D eigenvalue weighted by atomic mass is 10.1. The number of Topliss-reactive ketones (excluding diaryl/α,β-unsaturated/α-hetero) is 1. The molecule has 4 nitrogen and oxygen atoms in total. The number of ether oxygens (including phenoxy) is 1. The number of hydrogen-bond acceptors (Lipinski definition) is 3. The molecule has 0 atom stereocenters. The molecule has 0 spiro atoms. The van der Waals surface area contributed by atoms with Gasteiger partial charge in [0.25, 0.3) is 0 Å². The molecule has 2 heterocycles. The number of carbonyl (C=O) groups is 1. The van der Waals surface area contributed by atoms with Gasteiger partial charge < -0.3 is 9.72 Å². The summed E-state index contributed by atoms with van der Waals surface area (Å²) in [5, 5.41) is 0.633. The van der Waals surface area contributed by atoms with Crippen LogP contribution in [-0.4, -0.2) is 22.1 Å². The molecule has 2 aromatic heterocycles. The molecule has 0 bridgehead atoms. The number of halogens is 3. The smallest absolute Gasteiger partial charge is 0.406 e. The molecule has 0 aliphatic rings. The third-order valence-corrected chi connectivity index (χ3v) is 3.22. The number of nitrogens with one attached hydrogen (secondary N) is 1. The Morgan fingerprint density at radius 3 is 2.74 bits per heavy atom. The third-order valence-electron chi connectivity index (χ3n) is 3.22. The van der Waals surface area contributed by atoms with Crippen LogP contribution < -0.4 is 4.74 Å². The van der Waals surface area contributed by atoms with Crippen molar-refractivity contribution in [3.05, 3.63) is 60.0 Å². The number of aromatic nitrogens is 2. The van der Waals surface area contributed by atoms with Crippen LogP contribution in [0.2, 0.25) is 0 Å². The summed E-state index contributed by atoms with van der Waals surface area (Å²) in [6.45, 7) is 0. The second-order valence-corrected chi connectivity index (χ2v) is 4.94. The fourth-order valence-corrected chi connectivity index (χ4v) is 2.24. The van der Waals surface area contributed by atoms with Gasteiger partial charge >= 0.3 is 6.36 Å². The summed E-state index contributed by atoms with van der Waals surface area (Å²) in [6.07, 6.45) is -1.39. The molecule has 0 radical (unpaired) electrons. The molecular weight excluding hydrogens is 309 g/mol. The molecule has 0 aliphatic carbocycles. The van der Waals surface area contributed by atoms with Crippen molar-refractivity contribution in [3.63, 3.8) is 0 Å². The van der Waals surface area contributed by atoms with Crippen molar-refractivity contribution >= 4 is 16.7 Å².